The van der Waals surface area contributed by atoms with Gasteiger partial charge in [0.15, 0.2) is 0 Å². The van der Waals surface area contributed by atoms with Crippen LogP contribution in [-0.2, 0) is 31.6 Å². The fraction of sp³-hybridized carbons (Fsp3) is 0.136. The van der Waals surface area contributed by atoms with Crippen molar-refractivity contribution in [2.45, 2.75) is 13.2 Å². The molecule has 0 atom stereocenters. The Balaban J connectivity index is 1.89. The second-order valence-corrected chi connectivity index (χ2v) is 8.14. The van der Waals surface area contributed by atoms with Gasteiger partial charge in [0.05, 0.1) is 31.3 Å². The van der Waals surface area contributed by atoms with Gasteiger partial charge in [-0.05, 0) is 23.3 Å². The second-order valence-electron chi connectivity index (χ2n) is 6.15. The third-order valence-corrected chi connectivity index (χ3v) is 6.03. The quantitative estimate of drug-likeness (QED) is 0.521. The average Bonchev–Trinajstić information content (AvgIpc) is 2.78. The molecule has 6 nitrogen and oxygen atoms in total. The first-order valence-electron chi connectivity index (χ1n) is 9.02. The van der Waals surface area contributed by atoms with Crippen LogP contribution in [0, 0.1) is 0 Å². The summed E-state index contributed by atoms with van der Waals surface area (Å²) in [5, 5.41) is 2.83. The lowest BCUT2D eigenvalue weighted by Crippen LogP contribution is -2.20. The monoisotopic (exact) mass is 411 g/mol. The minimum absolute atomic E-state index is 0.0967. The third kappa shape index (κ3) is 5.78. The summed E-state index contributed by atoms with van der Waals surface area (Å²) in [5.74, 6) is 0. The third-order valence-electron chi connectivity index (χ3n) is 4.11. The number of anilines is 1. The summed E-state index contributed by atoms with van der Waals surface area (Å²) in [6, 6.07) is 25.5. The molecule has 0 unspecified atom stereocenters. The number of amides is 1. The molecule has 0 spiro atoms. The van der Waals surface area contributed by atoms with Crippen LogP contribution < -0.4 is 10.6 Å². The first kappa shape index (κ1) is 20.8. The molecule has 0 aliphatic heterocycles. The van der Waals surface area contributed by atoms with Crippen LogP contribution in [0.25, 0.3) is 0 Å². The highest BCUT2D eigenvalue weighted by Gasteiger charge is 2.31. The fourth-order valence-corrected chi connectivity index (χ4v) is 4.31. The summed E-state index contributed by atoms with van der Waals surface area (Å²) < 4.78 is 30.1. The van der Waals surface area contributed by atoms with Crippen molar-refractivity contribution in [2.24, 2.45) is 0 Å². The van der Waals surface area contributed by atoms with E-state index < -0.39 is 13.7 Å². The SMILES string of the molecule is COC(=O)Nc1ccccc1P(=O)(OCc1ccccc1)OCc1ccccc1. The maximum absolute atomic E-state index is 13.8. The van der Waals surface area contributed by atoms with E-state index in [2.05, 4.69) is 10.1 Å². The van der Waals surface area contributed by atoms with Gasteiger partial charge < -0.3 is 13.8 Å². The average molecular weight is 411 g/mol. The number of hydrogen-bond donors (Lipinski definition) is 1. The van der Waals surface area contributed by atoms with Crippen LogP contribution in [0.5, 0.6) is 0 Å². The lowest BCUT2D eigenvalue weighted by molar-refractivity contribution is 0.187. The molecule has 0 saturated heterocycles. The highest BCUT2D eigenvalue weighted by Crippen LogP contribution is 2.50. The van der Waals surface area contributed by atoms with Crippen molar-refractivity contribution in [3.05, 3.63) is 96.1 Å². The van der Waals surface area contributed by atoms with Crippen LogP contribution in [0.1, 0.15) is 11.1 Å². The molecule has 0 heterocycles. The van der Waals surface area contributed by atoms with Gasteiger partial charge in [0.2, 0.25) is 0 Å². The Morgan fingerprint density at radius 3 is 1.79 bits per heavy atom. The smallest absolute Gasteiger partial charge is 0.411 e. The molecule has 0 saturated carbocycles. The van der Waals surface area contributed by atoms with Crippen molar-refractivity contribution in [1.29, 1.82) is 0 Å². The Morgan fingerprint density at radius 1 is 0.793 bits per heavy atom. The van der Waals surface area contributed by atoms with E-state index >= 15 is 0 Å². The molecular formula is C22H22NO5P. The zero-order chi connectivity index (χ0) is 20.5. The van der Waals surface area contributed by atoms with Gasteiger partial charge in [-0.3, -0.25) is 9.88 Å². The van der Waals surface area contributed by atoms with Crippen molar-refractivity contribution >= 4 is 24.7 Å². The zero-order valence-electron chi connectivity index (χ0n) is 16.0. The van der Waals surface area contributed by atoms with Gasteiger partial charge in [-0.15, -0.1) is 0 Å². The number of carbonyl (C=O) groups excluding carboxylic acids is 1. The minimum Gasteiger partial charge on any atom is -0.453 e. The van der Waals surface area contributed by atoms with Crippen LogP contribution in [0.3, 0.4) is 0 Å². The molecule has 3 aromatic rings. The highest BCUT2D eigenvalue weighted by atomic mass is 31.2. The van der Waals surface area contributed by atoms with E-state index in [0.29, 0.717) is 5.69 Å². The summed E-state index contributed by atoms with van der Waals surface area (Å²) in [4.78, 5) is 11.7. The number of rotatable bonds is 8. The molecule has 0 bridgehead atoms. The molecule has 1 N–H and O–H groups in total. The zero-order valence-corrected chi connectivity index (χ0v) is 16.9. The molecule has 1 amide bonds. The Labute approximate surface area is 170 Å². The summed E-state index contributed by atoms with van der Waals surface area (Å²) in [7, 11) is -2.52. The molecule has 0 aromatic heterocycles. The number of benzene rings is 3. The molecule has 3 aromatic carbocycles. The molecule has 3 rings (SSSR count). The number of ether oxygens (including phenoxy) is 1. The number of para-hydroxylation sites is 1. The number of hydrogen-bond acceptors (Lipinski definition) is 5. The van der Waals surface area contributed by atoms with Crippen LogP contribution in [-0.4, -0.2) is 13.2 Å². The van der Waals surface area contributed by atoms with Gasteiger partial charge >= 0.3 is 13.7 Å². The molecule has 0 aliphatic carbocycles. The standard InChI is InChI=1S/C22H22NO5P/c1-26-22(24)23-20-14-8-9-15-21(20)29(25,27-16-18-10-4-2-5-11-18)28-17-19-12-6-3-7-13-19/h2-15H,16-17H2,1H3,(H,23,24). The fourth-order valence-electron chi connectivity index (χ4n) is 2.62. The predicted molar refractivity (Wildman–Crippen MR) is 112 cm³/mol. The van der Waals surface area contributed by atoms with Crippen LogP contribution >= 0.6 is 7.60 Å². The second kappa shape index (κ2) is 10.0. The number of carbonyl (C=O) groups is 1. The Hall–Kier alpha value is -2.92. The van der Waals surface area contributed by atoms with E-state index in [4.69, 9.17) is 9.05 Å². The predicted octanol–water partition coefficient (Wildman–Crippen LogP) is 5.12. The van der Waals surface area contributed by atoms with Crippen LogP contribution in [0.2, 0.25) is 0 Å². The number of nitrogens with one attached hydrogen (secondary N) is 1. The van der Waals surface area contributed by atoms with Crippen LogP contribution in [0.4, 0.5) is 10.5 Å². The van der Waals surface area contributed by atoms with Crippen molar-refractivity contribution in [2.75, 3.05) is 12.4 Å². The van der Waals surface area contributed by atoms with Gasteiger partial charge in [-0.1, -0.05) is 72.8 Å². The molecule has 0 fully saturated rings. The van der Waals surface area contributed by atoms with Gasteiger partial charge in [0.1, 0.15) is 0 Å². The topological polar surface area (TPSA) is 73.9 Å². The first-order chi connectivity index (χ1) is 14.1. The van der Waals surface area contributed by atoms with E-state index in [-0.39, 0.29) is 18.5 Å². The highest BCUT2D eigenvalue weighted by molar-refractivity contribution is 7.62. The normalized spacial score (nSPS) is 11.1. The maximum Gasteiger partial charge on any atom is 0.411 e. The van der Waals surface area contributed by atoms with Crippen molar-refractivity contribution in [3.8, 4) is 0 Å². The van der Waals surface area contributed by atoms with Crippen LogP contribution in [0.15, 0.2) is 84.9 Å². The van der Waals surface area contributed by atoms with Crippen molar-refractivity contribution in [1.82, 2.24) is 0 Å². The lowest BCUT2D eigenvalue weighted by atomic mass is 10.2. The van der Waals surface area contributed by atoms with Crippen molar-refractivity contribution in [3.63, 3.8) is 0 Å². The Kier molecular flexibility index (Phi) is 7.19. The van der Waals surface area contributed by atoms with Gasteiger partial charge in [-0.2, -0.15) is 0 Å². The first-order valence-corrected chi connectivity index (χ1v) is 10.6. The molecule has 0 aliphatic rings. The molecule has 7 heteroatoms. The Bertz CT molecular complexity index is 931. The minimum atomic E-state index is -3.78. The Morgan fingerprint density at radius 2 is 1.28 bits per heavy atom. The summed E-state index contributed by atoms with van der Waals surface area (Å²) in [6.07, 6.45) is -0.671. The maximum atomic E-state index is 13.8. The van der Waals surface area contributed by atoms with Gasteiger partial charge in [0, 0.05) is 0 Å². The summed E-state index contributed by atoms with van der Waals surface area (Å²) >= 11 is 0. The van der Waals surface area contributed by atoms with Gasteiger partial charge in [0.25, 0.3) is 0 Å². The largest absolute Gasteiger partial charge is 0.453 e. The lowest BCUT2D eigenvalue weighted by Gasteiger charge is -2.21. The van der Waals surface area contributed by atoms with Crippen molar-refractivity contribution < 1.29 is 23.1 Å². The summed E-state index contributed by atoms with van der Waals surface area (Å²) in [6.45, 7) is 0.193. The molecular weight excluding hydrogens is 389 g/mol. The molecule has 150 valence electrons. The van der Waals surface area contributed by atoms with E-state index in [1.165, 1.54) is 7.11 Å². The van der Waals surface area contributed by atoms with E-state index in [1.54, 1.807) is 24.3 Å². The molecule has 0 radical (unpaired) electrons. The van der Waals surface area contributed by atoms with E-state index in [1.807, 2.05) is 60.7 Å². The van der Waals surface area contributed by atoms with E-state index in [0.717, 1.165) is 11.1 Å². The van der Waals surface area contributed by atoms with Gasteiger partial charge in [-0.25, -0.2) is 4.79 Å². The summed E-state index contributed by atoms with van der Waals surface area (Å²) in [5.41, 5.74) is 2.02. The number of methoxy groups -OCH3 is 1. The van der Waals surface area contributed by atoms with E-state index in [9.17, 15) is 9.36 Å². The molecule has 29 heavy (non-hydrogen) atoms.